The second-order valence-electron chi connectivity index (χ2n) is 5.31. The van der Waals surface area contributed by atoms with Crippen molar-refractivity contribution < 1.29 is 9.13 Å². The van der Waals surface area contributed by atoms with Crippen LogP contribution in [0.15, 0.2) is 18.2 Å². The zero-order valence-electron chi connectivity index (χ0n) is 11.9. The molecule has 1 saturated heterocycles. The lowest BCUT2D eigenvalue weighted by atomic mass is 10.1. The third-order valence-corrected chi connectivity index (χ3v) is 4.10. The fraction of sp³-hybridized carbons (Fsp3) is 0.600. The summed E-state index contributed by atoms with van der Waals surface area (Å²) in [5.41, 5.74) is 0.947. The second-order valence-corrected chi connectivity index (χ2v) is 5.72. The van der Waals surface area contributed by atoms with Crippen LogP contribution in [0.2, 0.25) is 5.02 Å². The van der Waals surface area contributed by atoms with Crippen LogP contribution in [-0.4, -0.2) is 44.8 Å². The number of halogens is 2. The summed E-state index contributed by atoms with van der Waals surface area (Å²) in [6.07, 6.45) is 1.22. The van der Waals surface area contributed by atoms with Gasteiger partial charge in [0.25, 0.3) is 0 Å². The molecule has 1 aliphatic heterocycles. The SMILES string of the molecule is COCCN1CC[C@H](CNCc2ccc(F)cc2Cl)C1. The first kappa shape index (κ1) is 15.7. The molecule has 0 amide bonds. The summed E-state index contributed by atoms with van der Waals surface area (Å²) in [7, 11) is 1.74. The molecule has 0 aromatic heterocycles. The second kappa shape index (κ2) is 7.93. The van der Waals surface area contributed by atoms with E-state index >= 15 is 0 Å². The highest BCUT2D eigenvalue weighted by Crippen LogP contribution is 2.18. The number of benzene rings is 1. The Morgan fingerprint density at radius 2 is 2.35 bits per heavy atom. The average Bonchev–Trinajstić information content (AvgIpc) is 2.87. The monoisotopic (exact) mass is 300 g/mol. The maximum Gasteiger partial charge on any atom is 0.124 e. The van der Waals surface area contributed by atoms with E-state index in [9.17, 15) is 4.39 Å². The minimum atomic E-state index is -0.289. The van der Waals surface area contributed by atoms with Gasteiger partial charge in [-0.2, -0.15) is 0 Å². The van der Waals surface area contributed by atoms with E-state index in [4.69, 9.17) is 16.3 Å². The van der Waals surface area contributed by atoms with Crippen LogP contribution < -0.4 is 5.32 Å². The van der Waals surface area contributed by atoms with E-state index in [1.165, 1.54) is 18.6 Å². The summed E-state index contributed by atoms with van der Waals surface area (Å²) in [5, 5.41) is 3.91. The Morgan fingerprint density at radius 1 is 1.50 bits per heavy atom. The third-order valence-electron chi connectivity index (χ3n) is 3.75. The summed E-state index contributed by atoms with van der Waals surface area (Å²) in [4.78, 5) is 2.43. The molecule has 20 heavy (non-hydrogen) atoms. The van der Waals surface area contributed by atoms with Crippen LogP contribution >= 0.6 is 11.6 Å². The van der Waals surface area contributed by atoms with E-state index in [0.717, 1.165) is 38.3 Å². The minimum Gasteiger partial charge on any atom is -0.383 e. The average molecular weight is 301 g/mol. The molecule has 1 aromatic carbocycles. The standard InChI is InChI=1S/C15H22ClFN2O/c1-20-7-6-19-5-4-12(11-19)9-18-10-13-2-3-14(17)8-15(13)16/h2-3,8,12,18H,4-7,9-11H2,1H3/t12-/m1/s1. The van der Waals surface area contributed by atoms with E-state index in [0.29, 0.717) is 17.5 Å². The van der Waals surface area contributed by atoms with Gasteiger partial charge in [0, 0.05) is 31.8 Å². The van der Waals surface area contributed by atoms with Crippen LogP contribution in [-0.2, 0) is 11.3 Å². The topological polar surface area (TPSA) is 24.5 Å². The van der Waals surface area contributed by atoms with Crippen LogP contribution in [0.25, 0.3) is 0 Å². The Hall–Kier alpha value is -0.680. The lowest BCUT2D eigenvalue weighted by Crippen LogP contribution is -2.28. The van der Waals surface area contributed by atoms with Crippen LogP contribution in [0.1, 0.15) is 12.0 Å². The predicted molar refractivity (Wildman–Crippen MR) is 79.5 cm³/mol. The Morgan fingerprint density at radius 3 is 3.10 bits per heavy atom. The van der Waals surface area contributed by atoms with Gasteiger partial charge < -0.3 is 15.0 Å². The van der Waals surface area contributed by atoms with Crippen LogP contribution in [0.4, 0.5) is 4.39 Å². The number of likely N-dealkylation sites (tertiary alicyclic amines) is 1. The molecule has 2 rings (SSSR count). The van der Waals surface area contributed by atoms with Gasteiger partial charge in [-0.15, -0.1) is 0 Å². The van der Waals surface area contributed by atoms with Crippen molar-refractivity contribution in [2.24, 2.45) is 5.92 Å². The highest BCUT2D eigenvalue weighted by Gasteiger charge is 2.21. The van der Waals surface area contributed by atoms with E-state index in [2.05, 4.69) is 10.2 Å². The van der Waals surface area contributed by atoms with Gasteiger partial charge in [0.1, 0.15) is 5.82 Å². The van der Waals surface area contributed by atoms with Crippen molar-refractivity contribution in [3.05, 3.63) is 34.6 Å². The molecule has 1 aliphatic rings. The Labute approximate surface area is 125 Å². The summed E-state index contributed by atoms with van der Waals surface area (Å²) < 4.78 is 18.0. The molecule has 0 spiro atoms. The van der Waals surface area contributed by atoms with Gasteiger partial charge in [-0.05, 0) is 43.1 Å². The first-order valence-corrected chi connectivity index (χ1v) is 7.42. The lowest BCUT2D eigenvalue weighted by Gasteiger charge is -2.15. The molecule has 0 radical (unpaired) electrons. The van der Waals surface area contributed by atoms with Crippen LogP contribution in [0, 0.1) is 11.7 Å². The number of hydrogen-bond acceptors (Lipinski definition) is 3. The van der Waals surface area contributed by atoms with Crippen molar-refractivity contribution in [3.8, 4) is 0 Å². The van der Waals surface area contributed by atoms with Gasteiger partial charge in [-0.25, -0.2) is 4.39 Å². The van der Waals surface area contributed by atoms with Gasteiger partial charge >= 0.3 is 0 Å². The fourth-order valence-electron chi connectivity index (χ4n) is 2.58. The van der Waals surface area contributed by atoms with E-state index in [1.54, 1.807) is 13.2 Å². The van der Waals surface area contributed by atoms with Crippen molar-refractivity contribution in [1.82, 2.24) is 10.2 Å². The summed E-state index contributed by atoms with van der Waals surface area (Å²) in [5.74, 6) is 0.384. The first-order valence-electron chi connectivity index (χ1n) is 7.05. The van der Waals surface area contributed by atoms with Crippen molar-refractivity contribution >= 4 is 11.6 Å². The zero-order valence-corrected chi connectivity index (χ0v) is 12.6. The van der Waals surface area contributed by atoms with Gasteiger partial charge in [-0.3, -0.25) is 0 Å². The molecule has 0 unspecified atom stereocenters. The zero-order chi connectivity index (χ0) is 14.4. The number of methoxy groups -OCH3 is 1. The van der Waals surface area contributed by atoms with Crippen molar-refractivity contribution in [2.45, 2.75) is 13.0 Å². The normalized spacial score (nSPS) is 19.6. The maximum absolute atomic E-state index is 12.9. The summed E-state index contributed by atoms with van der Waals surface area (Å²) >= 11 is 6.00. The van der Waals surface area contributed by atoms with Gasteiger partial charge in [0.05, 0.1) is 6.61 Å². The smallest absolute Gasteiger partial charge is 0.124 e. The quantitative estimate of drug-likeness (QED) is 0.837. The van der Waals surface area contributed by atoms with Crippen molar-refractivity contribution in [3.63, 3.8) is 0 Å². The maximum atomic E-state index is 12.9. The molecule has 1 heterocycles. The number of nitrogens with zero attached hydrogens (tertiary/aromatic N) is 1. The van der Waals surface area contributed by atoms with Gasteiger partial charge in [0.2, 0.25) is 0 Å². The summed E-state index contributed by atoms with van der Waals surface area (Å²) in [6.45, 7) is 5.73. The first-order chi connectivity index (χ1) is 9.69. The van der Waals surface area contributed by atoms with E-state index < -0.39 is 0 Å². The fourth-order valence-corrected chi connectivity index (χ4v) is 2.81. The lowest BCUT2D eigenvalue weighted by molar-refractivity contribution is 0.159. The summed E-state index contributed by atoms with van der Waals surface area (Å²) in [6, 6.07) is 4.55. The molecule has 0 bridgehead atoms. The number of hydrogen-bond donors (Lipinski definition) is 1. The number of ether oxygens (including phenoxy) is 1. The largest absolute Gasteiger partial charge is 0.383 e. The number of nitrogens with one attached hydrogen (secondary N) is 1. The molecule has 1 atom stereocenters. The predicted octanol–water partition coefficient (Wildman–Crippen LogP) is 2.54. The highest BCUT2D eigenvalue weighted by molar-refractivity contribution is 6.31. The van der Waals surface area contributed by atoms with Crippen LogP contribution in [0.3, 0.4) is 0 Å². The van der Waals surface area contributed by atoms with Gasteiger partial charge in [-0.1, -0.05) is 17.7 Å². The molecule has 112 valence electrons. The Balaban J connectivity index is 1.69. The van der Waals surface area contributed by atoms with Crippen molar-refractivity contribution in [1.29, 1.82) is 0 Å². The third kappa shape index (κ3) is 4.70. The molecule has 0 aliphatic carbocycles. The highest BCUT2D eigenvalue weighted by atomic mass is 35.5. The van der Waals surface area contributed by atoms with Crippen LogP contribution in [0.5, 0.6) is 0 Å². The molecular formula is C15H22ClFN2O. The number of rotatable bonds is 7. The molecule has 1 aromatic rings. The Bertz CT molecular complexity index is 430. The molecule has 3 nitrogen and oxygen atoms in total. The Kier molecular flexibility index (Phi) is 6.23. The molecule has 0 saturated carbocycles. The van der Waals surface area contributed by atoms with E-state index in [-0.39, 0.29) is 5.82 Å². The molecule has 1 N–H and O–H groups in total. The van der Waals surface area contributed by atoms with Gasteiger partial charge in [0.15, 0.2) is 0 Å². The molecular weight excluding hydrogens is 279 g/mol. The minimum absolute atomic E-state index is 0.289. The molecule has 5 heteroatoms. The van der Waals surface area contributed by atoms with E-state index in [1.807, 2.05) is 0 Å². The molecule has 1 fully saturated rings. The van der Waals surface area contributed by atoms with Crippen molar-refractivity contribution in [2.75, 3.05) is 39.9 Å².